The summed E-state index contributed by atoms with van der Waals surface area (Å²) in [7, 11) is 0. The SMILES string of the molecule is CC1=CC(=O)CC(C(C)C)C1.CC1=CC(=O)CC(C)(C)C1. The highest BCUT2D eigenvalue weighted by atomic mass is 16.1. The van der Waals surface area contributed by atoms with Gasteiger partial charge in [-0.3, -0.25) is 9.59 Å². The van der Waals surface area contributed by atoms with Crippen molar-refractivity contribution in [1.82, 2.24) is 0 Å². The molecule has 21 heavy (non-hydrogen) atoms. The molecule has 0 saturated carbocycles. The molecular weight excluding hydrogens is 260 g/mol. The van der Waals surface area contributed by atoms with E-state index in [0.29, 0.717) is 24.0 Å². The average molecular weight is 290 g/mol. The topological polar surface area (TPSA) is 34.1 Å². The van der Waals surface area contributed by atoms with E-state index in [1.807, 2.05) is 13.8 Å². The van der Waals surface area contributed by atoms with E-state index in [0.717, 1.165) is 19.3 Å². The molecule has 0 fully saturated rings. The van der Waals surface area contributed by atoms with Gasteiger partial charge in [-0.1, -0.05) is 38.8 Å². The first-order valence-electron chi connectivity index (χ1n) is 7.99. The van der Waals surface area contributed by atoms with Crippen LogP contribution in [0.2, 0.25) is 0 Å². The van der Waals surface area contributed by atoms with Gasteiger partial charge >= 0.3 is 0 Å². The van der Waals surface area contributed by atoms with E-state index >= 15 is 0 Å². The van der Waals surface area contributed by atoms with E-state index in [-0.39, 0.29) is 11.2 Å². The number of ketones is 2. The Morgan fingerprint density at radius 2 is 1.52 bits per heavy atom. The Morgan fingerprint density at radius 3 is 1.95 bits per heavy atom. The molecule has 0 amide bonds. The number of rotatable bonds is 1. The predicted octanol–water partition coefficient (Wildman–Crippen LogP) is 4.89. The standard InChI is InChI=1S/C10H16O.C9H14O/c1-7(2)9-4-8(3)5-10(11)6-9;1-7-4-8(10)6-9(2,3)5-7/h5,7,9H,4,6H2,1-3H3;4H,5-6H2,1-3H3. The van der Waals surface area contributed by atoms with E-state index in [2.05, 4.69) is 27.7 Å². The van der Waals surface area contributed by atoms with E-state index in [9.17, 15) is 9.59 Å². The molecule has 1 atom stereocenters. The Bertz CT molecular complexity index is 464. The third-order valence-corrected chi connectivity index (χ3v) is 4.22. The van der Waals surface area contributed by atoms with Gasteiger partial charge in [0.05, 0.1) is 0 Å². The molecule has 0 aromatic rings. The largest absolute Gasteiger partial charge is 0.295 e. The minimum absolute atomic E-state index is 0.204. The molecule has 0 spiro atoms. The zero-order valence-corrected chi connectivity index (χ0v) is 14.5. The first kappa shape index (κ1) is 17.9. The van der Waals surface area contributed by atoms with E-state index in [4.69, 9.17) is 0 Å². The molecule has 0 N–H and O–H groups in total. The molecule has 0 aliphatic heterocycles. The van der Waals surface area contributed by atoms with Crippen molar-refractivity contribution >= 4 is 11.6 Å². The summed E-state index contributed by atoms with van der Waals surface area (Å²) in [5.41, 5.74) is 2.68. The fourth-order valence-corrected chi connectivity index (χ4v) is 3.27. The Kier molecular flexibility index (Phi) is 6.12. The number of allylic oxidation sites excluding steroid dienone is 4. The minimum Gasteiger partial charge on any atom is -0.295 e. The van der Waals surface area contributed by atoms with Crippen molar-refractivity contribution in [3.8, 4) is 0 Å². The van der Waals surface area contributed by atoms with Crippen molar-refractivity contribution in [2.45, 2.75) is 67.2 Å². The summed E-state index contributed by atoms with van der Waals surface area (Å²) in [4.78, 5) is 22.1. The first-order chi connectivity index (χ1) is 9.59. The summed E-state index contributed by atoms with van der Waals surface area (Å²) in [6.45, 7) is 12.7. The van der Waals surface area contributed by atoms with Crippen LogP contribution >= 0.6 is 0 Å². The summed E-state index contributed by atoms with van der Waals surface area (Å²) >= 11 is 0. The van der Waals surface area contributed by atoms with Gasteiger partial charge in [0.1, 0.15) is 0 Å². The van der Waals surface area contributed by atoms with Crippen LogP contribution in [0.4, 0.5) is 0 Å². The highest BCUT2D eigenvalue weighted by Gasteiger charge is 2.25. The second-order valence-electron chi connectivity index (χ2n) is 7.84. The van der Waals surface area contributed by atoms with Crippen molar-refractivity contribution in [3.63, 3.8) is 0 Å². The number of hydrogen-bond donors (Lipinski definition) is 0. The van der Waals surface area contributed by atoms with Crippen molar-refractivity contribution in [1.29, 1.82) is 0 Å². The molecule has 2 aliphatic carbocycles. The van der Waals surface area contributed by atoms with Crippen molar-refractivity contribution in [3.05, 3.63) is 23.3 Å². The highest BCUT2D eigenvalue weighted by Crippen LogP contribution is 2.33. The lowest BCUT2D eigenvalue weighted by molar-refractivity contribution is -0.117. The van der Waals surface area contributed by atoms with Crippen LogP contribution < -0.4 is 0 Å². The van der Waals surface area contributed by atoms with Gasteiger partial charge in [-0.25, -0.2) is 0 Å². The van der Waals surface area contributed by atoms with E-state index in [1.165, 1.54) is 11.1 Å². The first-order valence-corrected chi connectivity index (χ1v) is 7.99. The van der Waals surface area contributed by atoms with Gasteiger partial charge in [0.25, 0.3) is 0 Å². The van der Waals surface area contributed by atoms with Crippen molar-refractivity contribution < 1.29 is 9.59 Å². The minimum atomic E-state index is 0.204. The second-order valence-corrected chi connectivity index (χ2v) is 7.84. The summed E-state index contributed by atoms with van der Waals surface area (Å²) < 4.78 is 0. The Morgan fingerprint density at radius 1 is 0.952 bits per heavy atom. The number of hydrogen-bond acceptors (Lipinski definition) is 2. The van der Waals surface area contributed by atoms with Crippen LogP contribution in [0.3, 0.4) is 0 Å². The summed E-state index contributed by atoms with van der Waals surface area (Å²) in [5.74, 6) is 1.83. The van der Waals surface area contributed by atoms with Gasteiger partial charge in [-0.05, 0) is 56.1 Å². The maximum atomic E-state index is 11.1. The van der Waals surface area contributed by atoms with Crippen LogP contribution in [-0.4, -0.2) is 11.6 Å². The molecule has 0 aromatic heterocycles. The summed E-state index contributed by atoms with van der Waals surface area (Å²) in [5, 5.41) is 0. The van der Waals surface area contributed by atoms with Crippen LogP contribution in [0, 0.1) is 17.3 Å². The summed E-state index contributed by atoms with van der Waals surface area (Å²) in [6, 6.07) is 0. The van der Waals surface area contributed by atoms with Crippen LogP contribution in [-0.2, 0) is 9.59 Å². The lowest BCUT2D eigenvalue weighted by atomic mass is 9.77. The number of carbonyl (C=O) groups is 2. The van der Waals surface area contributed by atoms with Gasteiger partial charge in [-0.15, -0.1) is 0 Å². The smallest absolute Gasteiger partial charge is 0.156 e. The van der Waals surface area contributed by atoms with Gasteiger partial charge in [0.2, 0.25) is 0 Å². The van der Waals surface area contributed by atoms with Crippen molar-refractivity contribution in [2.75, 3.05) is 0 Å². The van der Waals surface area contributed by atoms with Gasteiger partial charge in [0, 0.05) is 12.8 Å². The van der Waals surface area contributed by atoms with Crippen LogP contribution in [0.25, 0.3) is 0 Å². The monoisotopic (exact) mass is 290 g/mol. The predicted molar refractivity (Wildman–Crippen MR) is 88.1 cm³/mol. The van der Waals surface area contributed by atoms with Gasteiger partial charge in [-0.2, -0.15) is 0 Å². The number of carbonyl (C=O) groups excluding carboxylic acids is 2. The molecule has 0 heterocycles. The van der Waals surface area contributed by atoms with E-state index in [1.54, 1.807) is 12.2 Å². The van der Waals surface area contributed by atoms with Crippen LogP contribution in [0.15, 0.2) is 23.3 Å². The Hall–Kier alpha value is -1.18. The maximum absolute atomic E-state index is 11.1. The van der Waals surface area contributed by atoms with Gasteiger partial charge < -0.3 is 0 Å². The fraction of sp³-hybridized carbons (Fsp3) is 0.684. The Labute approximate surface area is 129 Å². The molecule has 2 aliphatic rings. The zero-order valence-electron chi connectivity index (χ0n) is 14.5. The highest BCUT2D eigenvalue weighted by molar-refractivity contribution is 5.92. The molecule has 1 unspecified atom stereocenters. The molecule has 2 nitrogen and oxygen atoms in total. The van der Waals surface area contributed by atoms with Crippen LogP contribution in [0.1, 0.15) is 67.2 Å². The van der Waals surface area contributed by atoms with E-state index < -0.39 is 0 Å². The molecule has 0 radical (unpaired) electrons. The quantitative estimate of drug-likeness (QED) is 0.689. The average Bonchev–Trinajstić information content (AvgIpc) is 2.24. The molecule has 0 bridgehead atoms. The lowest BCUT2D eigenvalue weighted by Crippen LogP contribution is -2.20. The molecule has 0 saturated heterocycles. The third-order valence-electron chi connectivity index (χ3n) is 4.22. The molecule has 0 aromatic carbocycles. The summed E-state index contributed by atoms with van der Waals surface area (Å²) in [6.07, 6.45) is 7.21. The molecule has 2 rings (SSSR count). The maximum Gasteiger partial charge on any atom is 0.156 e. The van der Waals surface area contributed by atoms with Gasteiger partial charge in [0.15, 0.2) is 11.6 Å². The van der Waals surface area contributed by atoms with Crippen LogP contribution in [0.5, 0.6) is 0 Å². The second kappa shape index (κ2) is 7.20. The fourth-order valence-electron chi connectivity index (χ4n) is 3.27. The molecule has 2 heteroatoms. The molecular formula is C19H30O2. The molecule has 118 valence electrons. The Balaban J connectivity index is 0.000000211. The third kappa shape index (κ3) is 6.41. The zero-order chi connectivity index (χ0) is 16.2. The lowest BCUT2D eigenvalue weighted by Gasteiger charge is -2.27. The normalized spacial score (nSPS) is 25.0. The van der Waals surface area contributed by atoms with Crippen molar-refractivity contribution in [2.24, 2.45) is 17.3 Å².